The van der Waals surface area contributed by atoms with E-state index in [1.165, 1.54) is 0 Å². The Hall–Kier alpha value is -3.48. The molecule has 1 amide bonds. The molecule has 1 aliphatic rings. The Labute approximate surface area is 216 Å². The molecule has 192 valence electrons. The van der Waals surface area contributed by atoms with Gasteiger partial charge in [-0.05, 0) is 64.2 Å². The van der Waals surface area contributed by atoms with Gasteiger partial charge in [0.25, 0.3) is 0 Å². The van der Waals surface area contributed by atoms with Crippen LogP contribution in [0.3, 0.4) is 0 Å². The van der Waals surface area contributed by atoms with Crippen molar-refractivity contribution < 1.29 is 28.2 Å². The maximum atomic E-state index is 12.7. The molecule has 5 rings (SSSR count). The number of hydrogen-bond donors (Lipinski definition) is 4. The number of nitrogens with zero attached hydrogens (tertiary/aromatic N) is 3. The summed E-state index contributed by atoms with van der Waals surface area (Å²) in [7, 11) is 0. The van der Waals surface area contributed by atoms with Gasteiger partial charge in [-0.2, -0.15) is 13.2 Å². The highest BCUT2D eigenvalue weighted by Crippen LogP contribution is 2.38. The van der Waals surface area contributed by atoms with Gasteiger partial charge in [0.2, 0.25) is 0 Å². The van der Waals surface area contributed by atoms with Crippen LogP contribution in [0.4, 0.5) is 24.8 Å². The molecular weight excluding hydrogens is 555 g/mol. The lowest BCUT2D eigenvalue weighted by Gasteiger charge is -2.19. The molecule has 5 N–H and O–H groups in total. The van der Waals surface area contributed by atoms with E-state index in [4.69, 9.17) is 5.73 Å². The van der Waals surface area contributed by atoms with E-state index in [0.29, 0.717) is 35.1 Å². The van der Waals surface area contributed by atoms with E-state index in [0.717, 1.165) is 16.5 Å². The molecular formula is C25H21BrF3N5O3. The molecule has 0 spiro atoms. The van der Waals surface area contributed by atoms with Gasteiger partial charge in [-0.1, -0.05) is 18.2 Å². The van der Waals surface area contributed by atoms with Gasteiger partial charge in [0.05, 0.1) is 21.5 Å². The molecule has 4 aromatic rings. The summed E-state index contributed by atoms with van der Waals surface area (Å²) >= 11 is 3.14. The Bertz CT molecular complexity index is 1550. The zero-order chi connectivity index (χ0) is 26.5. The summed E-state index contributed by atoms with van der Waals surface area (Å²) in [4.78, 5) is 19.6. The molecule has 8 nitrogen and oxygen atoms in total. The minimum absolute atomic E-state index is 0.219. The van der Waals surface area contributed by atoms with Crippen LogP contribution in [0.15, 0.2) is 64.9 Å². The Morgan fingerprint density at radius 3 is 2.78 bits per heavy atom. The Morgan fingerprint density at radius 1 is 1.24 bits per heavy atom. The molecule has 1 unspecified atom stereocenters. The molecule has 0 saturated heterocycles. The van der Waals surface area contributed by atoms with E-state index in [9.17, 15) is 28.2 Å². The summed E-state index contributed by atoms with van der Waals surface area (Å²) in [6, 6.07) is 10.1. The van der Waals surface area contributed by atoms with Crippen LogP contribution in [0.5, 0.6) is 0 Å². The van der Waals surface area contributed by atoms with Gasteiger partial charge in [0.15, 0.2) is 0 Å². The smallest absolute Gasteiger partial charge is 0.388 e. The number of pyridine rings is 2. The molecule has 37 heavy (non-hydrogen) atoms. The summed E-state index contributed by atoms with van der Waals surface area (Å²) in [5.41, 5.74) is 8.61. The van der Waals surface area contributed by atoms with Gasteiger partial charge in [0.1, 0.15) is 23.8 Å². The van der Waals surface area contributed by atoms with Crippen molar-refractivity contribution >= 4 is 55.3 Å². The van der Waals surface area contributed by atoms with Gasteiger partial charge in [-0.3, -0.25) is 4.79 Å². The number of aliphatic hydroxyl groups excluding tert-OH is 2. The van der Waals surface area contributed by atoms with Gasteiger partial charge >= 0.3 is 12.1 Å². The SMILES string of the molecule is Nc1nccc2c1ccn2C1C/C(=C/Cc2ccc3cc(Br)c(NC(=O)C(F)(F)F)nc3c2)[C@@H](O)[C@H]1O. The van der Waals surface area contributed by atoms with E-state index in [1.54, 1.807) is 35.8 Å². The number of halogens is 4. The average Bonchev–Trinajstić information content (AvgIpc) is 3.39. The summed E-state index contributed by atoms with van der Waals surface area (Å²) in [5, 5.41) is 24.7. The number of anilines is 2. The minimum Gasteiger partial charge on any atom is -0.388 e. The molecule has 12 heteroatoms. The molecule has 3 aromatic heterocycles. The van der Waals surface area contributed by atoms with Crippen molar-refractivity contribution in [1.29, 1.82) is 0 Å². The van der Waals surface area contributed by atoms with Crippen LogP contribution in [-0.2, 0) is 11.2 Å². The van der Waals surface area contributed by atoms with Gasteiger partial charge in [-0.25, -0.2) is 9.97 Å². The van der Waals surface area contributed by atoms with Gasteiger partial charge in [-0.15, -0.1) is 0 Å². The first-order valence-corrected chi connectivity index (χ1v) is 12.1. The van der Waals surface area contributed by atoms with Gasteiger partial charge < -0.3 is 25.8 Å². The van der Waals surface area contributed by atoms with Crippen molar-refractivity contribution in [3.8, 4) is 0 Å². The van der Waals surface area contributed by atoms with Crippen molar-refractivity contribution in [3.63, 3.8) is 0 Å². The van der Waals surface area contributed by atoms with Crippen molar-refractivity contribution in [2.45, 2.75) is 37.3 Å². The fourth-order valence-electron chi connectivity index (χ4n) is 4.61. The van der Waals surface area contributed by atoms with Crippen molar-refractivity contribution in [3.05, 3.63) is 70.5 Å². The standard InChI is InChI=1S/C25H21BrF3N5O3/c26-16-10-13-3-1-12(9-17(13)32-23(16)33-24(37)25(27,28)29)2-4-14-11-19(21(36)20(14)35)34-8-6-15-18(34)5-7-31-22(15)30/h1,3-10,19-21,35-36H,2,11H2,(H2,30,31)(H,32,33,37)/b14-4-/t19?,20-,21+/m1/s1. The molecule has 0 radical (unpaired) electrons. The Kier molecular flexibility index (Phi) is 6.42. The zero-order valence-corrected chi connectivity index (χ0v) is 20.7. The third-order valence-corrected chi connectivity index (χ3v) is 7.11. The highest BCUT2D eigenvalue weighted by molar-refractivity contribution is 9.10. The quantitative estimate of drug-likeness (QED) is 0.269. The number of fused-ring (bicyclic) bond motifs is 2. The number of amides is 1. The fraction of sp³-hybridized carbons (Fsp3) is 0.240. The fourth-order valence-corrected chi connectivity index (χ4v) is 5.04. The molecule has 1 saturated carbocycles. The molecule has 1 fully saturated rings. The summed E-state index contributed by atoms with van der Waals surface area (Å²) in [5.74, 6) is -1.96. The predicted molar refractivity (Wildman–Crippen MR) is 136 cm³/mol. The van der Waals surface area contributed by atoms with Crippen molar-refractivity contribution in [2.24, 2.45) is 0 Å². The summed E-state index contributed by atoms with van der Waals surface area (Å²) in [6.07, 6.45) is -1.06. The van der Waals surface area contributed by atoms with Crippen LogP contribution in [0.1, 0.15) is 18.0 Å². The third-order valence-electron chi connectivity index (χ3n) is 6.50. The summed E-state index contributed by atoms with van der Waals surface area (Å²) in [6.45, 7) is 0. The minimum atomic E-state index is -5.04. The van der Waals surface area contributed by atoms with E-state index < -0.39 is 30.3 Å². The maximum Gasteiger partial charge on any atom is 0.471 e. The number of nitrogen functional groups attached to an aromatic ring is 1. The number of nitrogens with two attached hydrogens (primary N) is 1. The highest BCUT2D eigenvalue weighted by Gasteiger charge is 2.40. The van der Waals surface area contributed by atoms with E-state index in [1.807, 2.05) is 29.0 Å². The lowest BCUT2D eigenvalue weighted by molar-refractivity contribution is -0.167. The molecule has 3 heterocycles. The Balaban J connectivity index is 1.38. The number of allylic oxidation sites excluding steroid dienone is 1. The van der Waals surface area contributed by atoms with E-state index in [-0.39, 0.29) is 10.3 Å². The largest absolute Gasteiger partial charge is 0.471 e. The van der Waals surface area contributed by atoms with Crippen LogP contribution in [-0.4, -0.2) is 49.0 Å². The van der Waals surface area contributed by atoms with Crippen LogP contribution in [0.25, 0.3) is 21.8 Å². The number of carbonyl (C=O) groups is 1. The second-order valence-corrected chi connectivity index (χ2v) is 9.69. The number of hydrogen-bond acceptors (Lipinski definition) is 6. The number of aliphatic hydroxyl groups is 2. The first-order chi connectivity index (χ1) is 17.5. The number of benzene rings is 1. The van der Waals surface area contributed by atoms with Crippen molar-refractivity contribution in [1.82, 2.24) is 14.5 Å². The average molecular weight is 576 g/mol. The third kappa shape index (κ3) is 4.79. The van der Waals surface area contributed by atoms with Crippen LogP contribution >= 0.6 is 15.9 Å². The number of carbonyl (C=O) groups excluding carboxylic acids is 1. The van der Waals surface area contributed by atoms with E-state index >= 15 is 0 Å². The molecule has 1 aliphatic carbocycles. The zero-order valence-electron chi connectivity index (χ0n) is 19.1. The molecule has 0 aliphatic heterocycles. The maximum absolute atomic E-state index is 12.7. The Morgan fingerprint density at radius 2 is 2.03 bits per heavy atom. The molecule has 1 aromatic carbocycles. The molecule has 3 atom stereocenters. The first-order valence-electron chi connectivity index (χ1n) is 11.3. The number of aromatic nitrogens is 3. The number of alkyl halides is 3. The number of nitrogens with one attached hydrogen (secondary N) is 1. The molecule has 0 bridgehead atoms. The predicted octanol–water partition coefficient (Wildman–Crippen LogP) is 4.27. The lowest BCUT2D eigenvalue weighted by Crippen LogP contribution is -2.30. The number of rotatable bonds is 4. The van der Waals surface area contributed by atoms with Crippen molar-refractivity contribution in [2.75, 3.05) is 11.1 Å². The van der Waals surface area contributed by atoms with Crippen LogP contribution in [0, 0.1) is 0 Å². The van der Waals surface area contributed by atoms with Crippen LogP contribution in [0.2, 0.25) is 0 Å². The monoisotopic (exact) mass is 575 g/mol. The first kappa shape index (κ1) is 25.2. The second kappa shape index (κ2) is 9.43. The highest BCUT2D eigenvalue weighted by atomic mass is 79.9. The van der Waals surface area contributed by atoms with E-state index in [2.05, 4.69) is 25.9 Å². The van der Waals surface area contributed by atoms with Crippen LogP contribution < -0.4 is 11.1 Å². The normalized spacial score (nSPS) is 21.2. The topological polar surface area (TPSA) is 126 Å². The van der Waals surface area contributed by atoms with Gasteiger partial charge in [0, 0.05) is 23.2 Å². The second-order valence-electron chi connectivity index (χ2n) is 8.84. The lowest BCUT2D eigenvalue weighted by atomic mass is 10.1. The summed E-state index contributed by atoms with van der Waals surface area (Å²) < 4.78 is 40.1.